The fourth-order valence-corrected chi connectivity index (χ4v) is 3.00. The summed E-state index contributed by atoms with van der Waals surface area (Å²) in [6.45, 7) is 0.332. The molecule has 0 saturated carbocycles. The van der Waals surface area contributed by atoms with Crippen LogP contribution in [-0.2, 0) is 6.61 Å². The van der Waals surface area contributed by atoms with Gasteiger partial charge in [-0.15, -0.1) is 0 Å². The topological polar surface area (TPSA) is 76.3 Å². The molecule has 7 heteroatoms. The molecule has 0 fully saturated rings. The third-order valence-corrected chi connectivity index (χ3v) is 4.09. The van der Waals surface area contributed by atoms with Gasteiger partial charge in [-0.2, -0.15) is 14.9 Å². The fourth-order valence-electron chi connectivity index (χ4n) is 2.19. The highest BCUT2D eigenvalue weighted by Crippen LogP contribution is 2.27. The monoisotopic (exact) mass is 322 g/mol. The van der Waals surface area contributed by atoms with Crippen molar-refractivity contribution in [3.05, 3.63) is 59.4 Å². The first kappa shape index (κ1) is 13.5. The smallest absolute Gasteiger partial charge is 0.214 e. The SMILES string of the molecule is N#Cc1c(-c2ccco2)nc2sc(COc3ccccc3)nn12. The van der Waals surface area contributed by atoms with E-state index in [4.69, 9.17) is 9.15 Å². The molecule has 6 nitrogen and oxygen atoms in total. The minimum absolute atomic E-state index is 0.332. The molecule has 0 radical (unpaired) electrons. The average Bonchev–Trinajstić information content (AvgIpc) is 3.29. The van der Waals surface area contributed by atoms with Gasteiger partial charge in [0.1, 0.15) is 24.1 Å². The Labute approximate surface area is 135 Å². The first-order valence-electron chi connectivity index (χ1n) is 6.85. The Kier molecular flexibility index (Phi) is 3.29. The molecule has 0 aliphatic carbocycles. The van der Waals surface area contributed by atoms with E-state index in [1.165, 1.54) is 15.9 Å². The summed E-state index contributed by atoms with van der Waals surface area (Å²) < 4.78 is 12.5. The first-order valence-corrected chi connectivity index (χ1v) is 7.67. The minimum Gasteiger partial charge on any atom is -0.486 e. The summed E-state index contributed by atoms with van der Waals surface area (Å²) in [4.78, 5) is 5.09. The lowest BCUT2D eigenvalue weighted by Crippen LogP contribution is -1.97. The zero-order chi connectivity index (χ0) is 15.6. The van der Waals surface area contributed by atoms with E-state index in [-0.39, 0.29) is 0 Å². The summed E-state index contributed by atoms with van der Waals surface area (Å²) in [5, 5.41) is 14.6. The fraction of sp³-hybridized carbons (Fsp3) is 0.0625. The Hall–Kier alpha value is -3.11. The van der Waals surface area contributed by atoms with Gasteiger partial charge in [-0.25, -0.2) is 4.98 Å². The number of aromatic nitrogens is 3. The van der Waals surface area contributed by atoms with Crippen LogP contribution in [0.1, 0.15) is 10.7 Å². The molecule has 0 aliphatic heterocycles. The summed E-state index contributed by atoms with van der Waals surface area (Å²) in [5.41, 5.74) is 0.865. The standard InChI is InChI=1S/C16H10N4O2S/c17-9-12-15(13-7-4-8-21-13)18-16-20(12)19-14(23-16)10-22-11-5-2-1-3-6-11/h1-8H,10H2. The summed E-state index contributed by atoms with van der Waals surface area (Å²) in [6.07, 6.45) is 1.55. The predicted octanol–water partition coefficient (Wildman–Crippen LogP) is 3.50. The number of benzene rings is 1. The molecule has 1 aromatic carbocycles. The van der Waals surface area contributed by atoms with Gasteiger partial charge >= 0.3 is 0 Å². The Morgan fingerprint density at radius 1 is 1.22 bits per heavy atom. The summed E-state index contributed by atoms with van der Waals surface area (Å²) >= 11 is 1.39. The number of furan rings is 1. The maximum Gasteiger partial charge on any atom is 0.214 e. The Bertz CT molecular complexity index is 981. The number of imidazole rings is 1. The second-order valence-corrected chi connectivity index (χ2v) is 5.73. The molecule has 3 aromatic heterocycles. The minimum atomic E-state index is 0.332. The Morgan fingerprint density at radius 2 is 2.09 bits per heavy atom. The van der Waals surface area contributed by atoms with E-state index in [2.05, 4.69) is 16.2 Å². The van der Waals surface area contributed by atoms with Gasteiger partial charge in [0, 0.05) is 0 Å². The molecule has 0 N–H and O–H groups in total. The van der Waals surface area contributed by atoms with Gasteiger partial charge in [-0.3, -0.25) is 0 Å². The molecule has 3 heterocycles. The van der Waals surface area contributed by atoms with E-state index in [9.17, 15) is 5.26 Å². The van der Waals surface area contributed by atoms with Gasteiger partial charge in [0.2, 0.25) is 4.96 Å². The second-order valence-electron chi connectivity index (χ2n) is 4.69. The molecule has 0 unspecified atom stereocenters. The van der Waals surface area contributed by atoms with Crippen LogP contribution >= 0.6 is 11.3 Å². The van der Waals surface area contributed by atoms with Crippen LogP contribution in [0.15, 0.2) is 53.1 Å². The lowest BCUT2D eigenvalue weighted by molar-refractivity contribution is 0.304. The van der Waals surface area contributed by atoms with Crippen molar-refractivity contribution in [1.29, 1.82) is 5.26 Å². The van der Waals surface area contributed by atoms with Crippen molar-refractivity contribution in [2.75, 3.05) is 0 Å². The lowest BCUT2D eigenvalue weighted by atomic mass is 10.3. The van der Waals surface area contributed by atoms with Crippen LogP contribution in [0.5, 0.6) is 5.75 Å². The van der Waals surface area contributed by atoms with Crippen LogP contribution in [0.4, 0.5) is 0 Å². The van der Waals surface area contributed by atoms with Crippen molar-refractivity contribution < 1.29 is 9.15 Å². The van der Waals surface area contributed by atoms with Crippen LogP contribution in [0, 0.1) is 11.3 Å². The van der Waals surface area contributed by atoms with E-state index in [1.807, 2.05) is 30.3 Å². The van der Waals surface area contributed by atoms with Gasteiger partial charge in [0.05, 0.1) is 6.26 Å². The molecule has 0 saturated heterocycles. The maximum atomic E-state index is 9.40. The molecule has 0 atom stereocenters. The molecular weight excluding hydrogens is 312 g/mol. The van der Waals surface area contributed by atoms with Crippen molar-refractivity contribution in [1.82, 2.24) is 14.6 Å². The van der Waals surface area contributed by atoms with E-state index < -0.39 is 0 Å². The number of hydrogen-bond acceptors (Lipinski definition) is 6. The molecule has 0 amide bonds. The van der Waals surface area contributed by atoms with Crippen LogP contribution in [-0.4, -0.2) is 14.6 Å². The van der Waals surface area contributed by atoms with E-state index >= 15 is 0 Å². The number of para-hydroxylation sites is 1. The second kappa shape index (κ2) is 5.59. The van der Waals surface area contributed by atoms with Gasteiger partial charge in [-0.05, 0) is 24.3 Å². The number of nitriles is 1. The number of nitrogens with zero attached hydrogens (tertiary/aromatic N) is 4. The van der Waals surface area contributed by atoms with Crippen LogP contribution < -0.4 is 4.74 Å². The molecule has 23 heavy (non-hydrogen) atoms. The Balaban J connectivity index is 1.64. The highest BCUT2D eigenvalue weighted by Gasteiger charge is 2.19. The zero-order valence-electron chi connectivity index (χ0n) is 11.8. The highest BCUT2D eigenvalue weighted by molar-refractivity contribution is 7.16. The van der Waals surface area contributed by atoms with E-state index in [0.717, 1.165) is 10.8 Å². The van der Waals surface area contributed by atoms with Crippen molar-refractivity contribution >= 4 is 16.3 Å². The maximum absolute atomic E-state index is 9.40. The molecule has 0 bridgehead atoms. The van der Waals surface area contributed by atoms with Crippen LogP contribution in [0.3, 0.4) is 0 Å². The lowest BCUT2D eigenvalue weighted by Gasteiger charge is -2.02. The summed E-state index contributed by atoms with van der Waals surface area (Å²) in [5.74, 6) is 1.33. The predicted molar refractivity (Wildman–Crippen MR) is 84.1 cm³/mol. The third-order valence-electron chi connectivity index (χ3n) is 3.21. The normalized spacial score (nSPS) is 10.7. The van der Waals surface area contributed by atoms with Crippen LogP contribution in [0.2, 0.25) is 0 Å². The Morgan fingerprint density at radius 3 is 2.83 bits per heavy atom. The molecule has 4 aromatic rings. The van der Waals surface area contributed by atoms with Crippen molar-refractivity contribution in [3.8, 4) is 23.3 Å². The van der Waals surface area contributed by atoms with Gasteiger partial charge in [-0.1, -0.05) is 29.5 Å². The van der Waals surface area contributed by atoms with Crippen molar-refractivity contribution in [3.63, 3.8) is 0 Å². The highest BCUT2D eigenvalue weighted by atomic mass is 32.1. The molecule has 112 valence electrons. The number of hydrogen-bond donors (Lipinski definition) is 0. The average molecular weight is 322 g/mol. The van der Waals surface area contributed by atoms with Gasteiger partial charge in [0.25, 0.3) is 0 Å². The largest absolute Gasteiger partial charge is 0.486 e. The van der Waals surface area contributed by atoms with E-state index in [1.54, 1.807) is 18.4 Å². The van der Waals surface area contributed by atoms with E-state index in [0.29, 0.717) is 28.7 Å². The molecular formula is C16H10N4O2S. The van der Waals surface area contributed by atoms with Crippen molar-refractivity contribution in [2.45, 2.75) is 6.61 Å². The van der Waals surface area contributed by atoms with Gasteiger partial charge < -0.3 is 9.15 Å². The summed E-state index contributed by atoms with van der Waals surface area (Å²) in [7, 11) is 0. The van der Waals surface area contributed by atoms with Crippen molar-refractivity contribution in [2.24, 2.45) is 0 Å². The van der Waals surface area contributed by atoms with Gasteiger partial charge in [0.15, 0.2) is 16.5 Å². The number of fused-ring (bicyclic) bond motifs is 1. The zero-order valence-corrected chi connectivity index (χ0v) is 12.7. The third kappa shape index (κ3) is 2.45. The molecule has 0 spiro atoms. The molecule has 4 rings (SSSR count). The number of rotatable bonds is 4. The summed E-state index contributed by atoms with van der Waals surface area (Å²) in [6, 6.07) is 15.2. The van der Waals surface area contributed by atoms with Crippen LogP contribution in [0.25, 0.3) is 16.4 Å². The first-order chi connectivity index (χ1) is 11.3. The molecule has 0 aliphatic rings. The quantitative estimate of drug-likeness (QED) is 0.575. The number of ether oxygens (including phenoxy) is 1.